The molecule has 35 heavy (non-hydrogen) atoms. The van der Waals surface area contributed by atoms with Crippen molar-refractivity contribution in [2.45, 2.75) is 68.0 Å². The first-order chi connectivity index (χ1) is 16.3. The van der Waals surface area contributed by atoms with Gasteiger partial charge in [-0.3, -0.25) is 9.36 Å². The van der Waals surface area contributed by atoms with Gasteiger partial charge >= 0.3 is 12.3 Å². The number of sulfone groups is 1. The summed E-state index contributed by atoms with van der Waals surface area (Å²) in [7, 11) is -3.35. The maximum Gasteiger partial charge on any atom is 0.425 e. The summed E-state index contributed by atoms with van der Waals surface area (Å²) in [6, 6.07) is 8.25. The minimum absolute atomic E-state index is 0.145. The number of carbonyl (C=O) groups is 1. The number of alkyl halides is 3. The van der Waals surface area contributed by atoms with E-state index in [1.165, 1.54) is 46.0 Å². The van der Waals surface area contributed by atoms with Crippen molar-refractivity contribution in [3.05, 3.63) is 52.9 Å². The van der Waals surface area contributed by atoms with Crippen LogP contribution in [0.1, 0.15) is 32.6 Å². The Morgan fingerprint density at radius 3 is 2.20 bits per heavy atom. The van der Waals surface area contributed by atoms with Crippen LogP contribution in [-0.4, -0.2) is 60.7 Å². The molecule has 1 unspecified atom stereocenters. The second kappa shape index (κ2) is 9.21. The first-order valence-corrected chi connectivity index (χ1v) is 13.0. The third kappa shape index (κ3) is 5.47. The molecule has 1 aromatic heterocycles. The van der Waals surface area contributed by atoms with Crippen molar-refractivity contribution in [2.75, 3.05) is 6.26 Å². The molecule has 3 heterocycles. The smallest absolute Gasteiger partial charge is 0.425 e. The van der Waals surface area contributed by atoms with Crippen molar-refractivity contribution in [3.8, 4) is 11.4 Å². The average Bonchev–Trinajstić information content (AvgIpc) is 3.03. The summed E-state index contributed by atoms with van der Waals surface area (Å²) < 4.78 is 73.5. The highest BCUT2D eigenvalue weighted by Gasteiger charge is 2.47. The topological polar surface area (TPSA) is 94.9 Å². The molecule has 0 N–H and O–H groups in total. The summed E-state index contributed by atoms with van der Waals surface area (Å²) in [6.45, 7) is 0.803. The lowest BCUT2D eigenvalue weighted by atomic mass is 10.0. The van der Waals surface area contributed by atoms with Gasteiger partial charge in [0.25, 0.3) is 5.56 Å². The molecular formula is C23H25F3N2O6S. The standard InChI is InChI=1S/C23H25F3N2O6S/c1-14(23(24,25)26)33-22(30)28-16-3-4-17(28)12-19(11-16)34-18-9-10-27(21(29)13-18)15-5-7-20(8-6-15)35(2,31)32/h5-10,13-14,16-17,19H,3-4,11-12H2,1-2H3/t14?,16-,17-/m1/s1. The van der Waals surface area contributed by atoms with Crippen LogP contribution >= 0.6 is 0 Å². The number of aromatic nitrogens is 1. The second-order valence-electron chi connectivity index (χ2n) is 8.91. The molecule has 0 radical (unpaired) electrons. The van der Waals surface area contributed by atoms with E-state index in [1.54, 1.807) is 6.07 Å². The Bertz CT molecular complexity index is 1250. The quantitative estimate of drug-likeness (QED) is 0.604. The van der Waals surface area contributed by atoms with Gasteiger partial charge in [-0.1, -0.05) is 0 Å². The Kier molecular flexibility index (Phi) is 6.60. The van der Waals surface area contributed by atoms with Crippen molar-refractivity contribution >= 4 is 15.9 Å². The minimum Gasteiger partial charge on any atom is -0.490 e. The molecule has 0 saturated carbocycles. The number of fused-ring (bicyclic) bond motifs is 2. The first kappa shape index (κ1) is 25.1. The molecule has 2 saturated heterocycles. The lowest BCUT2D eigenvalue weighted by molar-refractivity contribution is -0.200. The number of hydrogen-bond donors (Lipinski definition) is 0. The molecule has 1 amide bonds. The summed E-state index contributed by atoms with van der Waals surface area (Å²) in [5, 5.41) is 0. The lowest BCUT2D eigenvalue weighted by Crippen LogP contribution is -2.50. The number of halogens is 3. The molecule has 2 aromatic rings. The van der Waals surface area contributed by atoms with Crippen LogP contribution in [-0.2, 0) is 14.6 Å². The number of carbonyl (C=O) groups excluding carboxylic acids is 1. The molecule has 2 aliphatic heterocycles. The van der Waals surface area contributed by atoms with Crippen LogP contribution in [0.15, 0.2) is 52.3 Å². The van der Waals surface area contributed by atoms with Crippen molar-refractivity contribution in [1.82, 2.24) is 9.47 Å². The summed E-state index contributed by atoms with van der Waals surface area (Å²) in [6.07, 6.45) is -3.33. The molecule has 8 nitrogen and oxygen atoms in total. The van der Waals surface area contributed by atoms with E-state index in [1.807, 2.05) is 0 Å². The number of amides is 1. The van der Waals surface area contributed by atoms with Crippen molar-refractivity contribution in [2.24, 2.45) is 0 Å². The summed E-state index contributed by atoms with van der Waals surface area (Å²) in [5.41, 5.74) is 0.117. The minimum atomic E-state index is -4.62. The Morgan fingerprint density at radius 1 is 1.09 bits per heavy atom. The fourth-order valence-corrected chi connectivity index (χ4v) is 5.22. The van der Waals surface area contributed by atoms with Crippen LogP contribution < -0.4 is 10.3 Å². The number of hydrogen-bond acceptors (Lipinski definition) is 6. The molecule has 2 fully saturated rings. The van der Waals surface area contributed by atoms with E-state index in [9.17, 15) is 31.2 Å². The highest BCUT2D eigenvalue weighted by molar-refractivity contribution is 7.90. The summed E-state index contributed by atoms with van der Waals surface area (Å²) >= 11 is 0. The van der Waals surface area contributed by atoms with Gasteiger partial charge in [-0.2, -0.15) is 13.2 Å². The number of benzene rings is 1. The van der Waals surface area contributed by atoms with E-state index in [2.05, 4.69) is 4.74 Å². The zero-order chi connectivity index (χ0) is 25.5. The number of piperidine rings is 1. The van der Waals surface area contributed by atoms with E-state index < -0.39 is 28.2 Å². The Hall–Kier alpha value is -3.02. The molecule has 1 aromatic carbocycles. The van der Waals surface area contributed by atoms with Crippen LogP contribution in [0.25, 0.3) is 5.69 Å². The fraction of sp³-hybridized carbons (Fsp3) is 0.478. The van der Waals surface area contributed by atoms with Gasteiger partial charge in [0, 0.05) is 49.1 Å². The van der Waals surface area contributed by atoms with Gasteiger partial charge in [-0.25, -0.2) is 13.2 Å². The molecule has 12 heteroatoms. The third-order valence-corrected chi connectivity index (χ3v) is 7.50. The Morgan fingerprint density at radius 2 is 1.69 bits per heavy atom. The molecule has 2 aliphatic rings. The van der Waals surface area contributed by atoms with Crippen LogP contribution in [0.2, 0.25) is 0 Å². The Balaban J connectivity index is 1.41. The maximum atomic E-state index is 12.8. The van der Waals surface area contributed by atoms with Gasteiger partial charge in [0.15, 0.2) is 15.9 Å². The zero-order valence-corrected chi connectivity index (χ0v) is 19.9. The fourth-order valence-electron chi connectivity index (χ4n) is 4.59. The molecular weight excluding hydrogens is 489 g/mol. The summed E-state index contributed by atoms with van der Waals surface area (Å²) in [5.74, 6) is 0.338. The van der Waals surface area contributed by atoms with Gasteiger partial charge in [0.1, 0.15) is 11.9 Å². The number of pyridine rings is 1. The first-order valence-electron chi connectivity index (χ1n) is 11.1. The Labute approximate surface area is 200 Å². The zero-order valence-electron chi connectivity index (χ0n) is 19.1. The maximum absolute atomic E-state index is 12.8. The van der Waals surface area contributed by atoms with Gasteiger partial charge < -0.3 is 14.4 Å². The van der Waals surface area contributed by atoms with Crippen molar-refractivity contribution in [1.29, 1.82) is 0 Å². The number of ether oxygens (including phenoxy) is 2. The predicted octanol–water partition coefficient (Wildman–Crippen LogP) is 3.70. The van der Waals surface area contributed by atoms with Crippen LogP contribution in [0.4, 0.5) is 18.0 Å². The molecule has 2 bridgehead atoms. The molecule has 0 aliphatic carbocycles. The third-order valence-electron chi connectivity index (χ3n) is 6.38. The largest absolute Gasteiger partial charge is 0.490 e. The average molecular weight is 515 g/mol. The summed E-state index contributed by atoms with van der Waals surface area (Å²) in [4.78, 5) is 26.5. The predicted molar refractivity (Wildman–Crippen MR) is 119 cm³/mol. The van der Waals surface area contributed by atoms with E-state index >= 15 is 0 Å². The molecule has 190 valence electrons. The molecule has 3 atom stereocenters. The van der Waals surface area contributed by atoms with Gasteiger partial charge in [0.05, 0.1) is 4.90 Å². The number of nitrogens with zero attached hydrogens (tertiary/aromatic N) is 2. The van der Waals surface area contributed by atoms with Crippen LogP contribution in [0.3, 0.4) is 0 Å². The van der Waals surface area contributed by atoms with E-state index in [0.717, 1.165) is 13.2 Å². The number of rotatable bonds is 5. The van der Waals surface area contributed by atoms with Crippen molar-refractivity contribution < 1.29 is 35.9 Å². The monoisotopic (exact) mass is 514 g/mol. The lowest BCUT2D eigenvalue weighted by Gasteiger charge is -2.38. The van der Waals surface area contributed by atoms with E-state index in [4.69, 9.17) is 4.74 Å². The van der Waals surface area contributed by atoms with Gasteiger partial charge in [-0.05, 0) is 50.1 Å². The normalized spacial score (nSPS) is 23.1. The van der Waals surface area contributed by atoms with Crippen LogP contribution in [0, 0.1) is 0 Å². The van der Waals surface area contributed by atoms with Crippen LogP contribution in [0.5, 0.6) is 5.75 Å². The highest BCUT2D eigenvalue weighted by atomic mass is 32.2. The van der Waals surface area contributed by atoms with E-state index in [0.29, 0.717) is 37.1 Å². The van der Waals surface area contributed by atoms with E-state index in [-0.39, 0.29) is 28.6 Å². The highest BCUT2D eigenvalue weighted by Crippen LogP contribution is 2.38. The van der Waals surface area contributed by atoms with Gasteiger partial charge in [0.2, 0.25) is 0 Å². The van der Waals surface area contributed by atoms with Crippen molar-refractivity contribution in [3.63, 3.8) is 0 Å². The second-order valence-corrected chi connectivity index (χ2v) is 10.9. The van der Waals surface area contributed by atoms with Gasteiger partial charge in [-0.15, -0.1) is 0 Å². The molecule has 0 spiro atoms. The SMILES string of the molecule is CC(OC(=O)N1[C@@H]2CC[C@@H]1CC(Oc1ccn(-c3ccc(S(C)(=O)=O)cc3)c(=O)c1)C2)C(F)(F)F. The molecule has 4 rings (SSSR count).